The van der Waals surface area contributed by atoms with Crippen LogP contribution in [0.5, 0.6) is 0 Å². The van der Waals surface area contributed by atoms with Crippen molar-refractivity contribution >= 4 is 11.6 Å². The van der Waals surface area contributed by atoms with Crippen LogP contribution in [0.2, 0.25) is 0 Å². The number of anilines is 1. The highest BCUT2D eigenvalue weighted by Crippen LogP contribution is 2.23. The molecule has 0 fully saturated rings. The van der Waals surface area contributed by atoms with Crippen molar-refractivity contribution in [1.29, 1.82) is 0 Å². The lowest BCUT2D eigenvalue weighted by atomic mass is 9.99. The number of fused-ring (bicyclic) bond motifs is 1. The minimum atomic E-state index is 0.109. The lowest BCUT2D eigenvalue weighted by Gasteiger charge is -2.28. The largest absolute Gasteiger partial charge is 0.308 e. The fraction of sp³-hybridized carbons (Fsp3) is 0.133. The van der Waals surface area contributed by atoms with Crippen molar-refractivity contribution in [3.8, 4) is 0 Å². The van der Waals surface area contributed by atoms with Crippen LogP contribution >= 0.6 is 0 Å². The van der Waals surface area contributed by atoms with Crippen molar-refractivity contribution in [1.82, 2.24) is 0 Å². The highest BCUT2D eigenvalue weighted by Gasteiger charge is 2.24. The first-order chi connectivity index (χ1) is 8.36. The molecule has 1 aliphatic rings. The maximum absolute atomic E-state index is 12.3. The molecule has 0 aromatic heterocycles. The van der Waals surface area contributed by atoms with Crippen molar-refractivity contribution in [2.75, 3.05) is 11.4 Å². The van der Waals surface area contributed by atoms with Gasteiger partial charge in [0.25, 0.3) is 5.91 Å². The quantitative estimate of drug-likeness (QED) is 0.728. The predicted molar refractivity (Wildman–Crippen MR) is 68.3 cm³/mol. The number of amides is 1. The zero-order valence-electron chi connectivity index (χ0n) is 9.47. The van der Waals surface area contributed by atoms with Crippen molar-refractivity contribution < 1.29 is 4.79 Å². The standard InChI is InChI=1S/C15H13NO/c17-15-14-9-5-4-6-12(14)10-11-16(15)13-7-2-1-3-8-13/h1-9H,10-11H2. The molecule has 1 heterocycles. The van der Waals surface area contributed by atoms with E-state index in [1.54, 1.807) is 0 Å². The molecular weight excluding hydrogens is 210 g/mol. The van der Waals surface area contributed by atoms with E-state index in [2.05, 4.69) is 0 Å². The molecule has 17 heavy (non-hydrogen) atoms. The van der Waals surface area contributed by atoms with E-state index in [-0.39, 0.29) is 5.91 Å². The van der Waals surface area contributed by atoms with E-state index in [0.29, 0.717) is 0 Å². The average molecular weight is 223 g/mol. The van der Waals surface area contributed by atoms with Crippen LogP contribution in [0.15, 0.2) is 54.6 Å². The summed E-state index contributed by atoms with van der Waals surface area (Å²) in [5, 5.41) is 0. The second-order valence-electron chi connectivity index (χ2n) is 4.20. The van der Waals surface area contributed by atoms with Gasteiger partial charge in [0.15, 0.2) is 0 Å². The third-order valence-electron chi connectivity index (χ3n) is 3.17. The van der Waals surface area contributed by atoms with Crippen molar-refractivity contribution in [3.05, 3.63) is 65.7 Å². The number of nitrogens with zero attached hydrogens (tertiary/aromatic N) is 1. The molecule has 3 rings (SSSR count). The topological polar surface area (TPSA) is 20.3 Å². The van der Waals surface area contributed by atoms with E-state index in [4.69, 9.17) is 0 Å². The Morgan fingerprint density at radius 1 is 0.882 bits per heavy atom. The molecule has 0 saturated carbocycles. The van der Waals surface area contributed by atoms with Crippen molar-refractivity contribution in [2.45, 2.75) is 6.42 Å². The van der Waals surface area contributed by atoms with Crippen LogP contribution in [0.3, 0.4) is 0 Å². The lowest BCUT2D eigenvalue weighted by molar-refractivity contribution is 0.0980. The monoisotopic (exact) mass is 223 g/mol. The molecule has 2 heteroatoms. The van der Waals surface area contributed by atoms with Gasteiger partial charge in [-0.05, 0) is 30.2 Å². The summed E-state index contributed by atoms with van der Waals surface area (Å²) in [4.78, 5) is 14.2. The number of hydrogen-bond donors (Lipinski definition) is 0. The smallest absolute Gasteiger partial charge is 0.258 e. The van der Waals surface area contributed by atoms with E-state index >= 15 is 0 Å². The second kappa shape index (κ2) is 4.06. The summed E-state index contributed by atoms with van der Waals surface area (Å²) in [6, 6.07) is 17.7. The fourth-order valence-corrected chi connectivity index (χ4v) is 2.28. The first-order valence-corrected chi connectivity index (χ1v) is 5.81. The molecule has 2 aromatic rings. The van der Waals surface area contributed by atoms with Gasteiger partial charge >= 0.3 is 0 Å². The van der Waals surface area contributed by atoms with Crippen molar-refractivity contribution in [2.24, 2.45) is 0 Å². The van der Waals surface area contributed by atoms with E-state index < -0.39 is 0 Å². The fourth-order valence-electron chi connectivity index (χ4n) is 2.28. The van der Waals surface area contributed by atoms with E-state index in [1.165, 1.54) is 0 Å². The third kappa shape index (κ3) is 1.72. The van der Waals surface area contributed by atoms with Crippen molar-refractivity contribution in [3.63, 3.8) is 0 Å². The Hall–Kier alpha value is -2.09. The van der Waals surface area contributed by atoms with Crippen LogP contribution in [0.1, 0.15) is 15.9 Å². The van der Waals surface area contributed by atoms with Crippen LogP contribution in [-0.2, 0) is 6.42 Å². The summed E-state index contributed by atoms with van der Waals surface area (Å²) in [6.07, 6.45) is 0.927. The summed E-state index contributed by atoms with van der Waals surface area (Å²) in [5.74, 6) is 0.109. The third-order valence-corrected chi connectivity index (χ3v) is 3.17. The lowest BCUT2D eigenvalue weighted by Crippen LogP contribution is -2.37. The van der Waals surface area contributed by atoms with Gasteiger partial charge in [0.05, 0.1) is 0 Å². The number of benzene rings is 2. The zero-order valence-corrected chi connectivity index (χ0v) is 9.47. The molecule has 2 nitrogen and oxygen atoms in total. The molecule has 0 radical (unpaired) electrons. The zero-order chi connectivity index (χ0) is 11.7. The minimum Gasteiger partial charge on any atom is -0.308 e. The van der Waals surface area contributed by atoms with Gasteiger partial charge in [-0.25, -0.2) is 0 Å². The van der Waals surface area contributed by atoms with E-state index in [9.17, 15) is 4.79 Å². The molecular formula is C15H13NO. The van der Waals surface area contributed by atoms with Gasteiger partial charge < -0.3 is 4.90 Å². The van der Waals surface area contributed by atoms with E-state index in [0.717, 1.165) is 29.8 Å². The van der Waals surface area contributed by atoms with Gasteiger partial charge in [0.1, 0.15) is 0 Å². The van der Waals surface area contributed by atoms with Gasteiger partial charge in [-0.1, -0.05) is 36.4 Å². The Bertz CT molecular complexity index is 548. The normalized spacial score (nSPS) is 14.6. The molecule has 2 aromatic carbocycles. The first kappa shape index (κ1) is 10.1. The number of para-hydroxylation sites is 1. The highest BCUT2D eigenvalue weighted by atomic mass is 16.2. The molecule has 0 N–H and O–H groups in total. The molecule has 0 aliphatic carbocycles. The molecule has 1 aliphatic heterocycles. The maximum Gasteiger partial charge on any atom is 0.258 e. The average Bonchev–Trinajstić information content (AvgIpc) is 2.40. The predicted octanol–water partition coefficient (Wildman–Crippen LogP) is 2.89. The summed E-state index contributed by atoms with van der Waals surface area (Å²) in [6.45, 7) is 0.764. The highest BCUT2D eigenvalue weighted by molar-refractivity contribution is 6.08. The molecule has 84 valence electrons. The van der Waals surface area contributed by atoms with Crippen LogP contribution in [0.4, 0.5) is 5.69 Å². The molecule has 0 spiro atoms. The summed E-state index contributed by atoms with van der Waals surface area (Å²) < 4.78 is 0. The Morgan fingerprint density at radius 3 is 2.41 bits per heavy atom. The Balaban J connectivity index is 2.00. The van der Waals surface area contributed by atoms with E-state index in [1.807, 2.05) is 59.5 Å². The van der Waals surface area contributed by atoms with Gasteiger partial charge in [-0.15, -0.1) is 0 Å². The maximum atomic E-state index is 12.3. The Labute approximate surface area is 100 Å². The van der Waals surface area contributed by atoms with Crippen LogP contribution < -0.4 is 4.90 Å². The first-order valence-electron chi connectivity index (χ1n) is 5.81. The Kier molecular flexibility index (Phi) is 2.41. The van der Waals surface area contributed by atoms with Gasteiger partial charge in [-0.3, -0.25) is 4.79 Å². The molecule has 0 unspecified atom stereocenters. The molecule has 0 bridgehead atoms. The summed E-state index contributed by atoms with van der Waals surface area (Å²) in [5.41, 5.74) is 2.97. The van der Waals surface area contributed by atoms with Gasteiger partial charge in [-0.2, -0.15) is 0 Å². The van der Waals surface area contributed by atoms with Crippen LogP contribution in [0, 0.1) is 0 Å². The number of hydrogen-bond acceptors (Lipinski definition) is 1. The number of carbonyl (C=O) groups is 1. The van der Waals surface area contributed by atoms with Crippen LogP contribution in [-0.4, -0.2) is 12.5 Å². The van der Waals surface area contributed by atoms with Gasteiger partial charge in [0.2, 0.25) is 0 Å². The summed E-state index contributed by atoms with van der Waals surface area (Å²) >= 11 is 0. The second-order valence-corrected chi connectivity index (χ2v) is 4.20. The SMILES string of the molecule is O=C1c2ccccc2CCN1c1ccccc1. The Morgan fingerprint density at radius 2 is 1.59 bits per heavy atom. The minimum absolute atomic E-state index is 0.109. The van der Waals surface area contributed by atoms with Gasteiger partial charge in [0, 0.05) is 17.8 Å². The number of carbonyl (C=O) groups excluding carboxylic acids is 1. The molecule has 0 saturated heterocycles. The molecule has 1 amide bonds. The molecule has 0 atom stereocenters. The van der Waals surface area contributed by atoms with Crippen LogP contribution in [0.25, 0.3) is 0 Å². The summed E-state index contributed by atoms with van der Waals surface area (Å²) in [7, 11) is 0. The number of rotatable bonds is 1.